The average molecular weight is 243 g/mol. The SMILES string of the molecule is CCc1nnc(CNC(=O)CSC(C)C)o1. The lowest BCUT2D eigenvalue weighted by atomic mass is 10.5. The molecule has 1 aromatic rings. The number of hydrogen-bond acceptors (Lipinski definition) is 5. The minimum absolute atomic E-state index is 0.00468. The van der Waals surface area contributed by atoms with Gasteiger partial charge in [0.1, 0.15) is 0 Å². The Hall–Kier alpha value is -1.04. The zero-order valence-electron chi connectivity index (χ0n) is 9.82. The van der Waals surface area contributed by atoms with Crippen LogP contribution in [0.1, 0.15) is 32.6 Å². The van der Waals surface area contributed by atoms with Gasteiger partial charge in [-0.2, -0.15) is 0 Å². The molecule has 0 saturated carbocycles. The van der Waals surface area contributed by atoms with Crippen LogP contribution in [0.15, 0.2) is 4.42 Å². The lowest BCUT2D eigenvalue weighted by Gasteiger charge is -2.04. The topological polar surface area (TPSA) is 68.0 Å². The van der Waals surface area contributed by atoms with Crippen molar-refractivity contribution < 1.29 is 9.21 Å². The molecule has 1 heterocycles. The summed E-state index contributed by atoms with van der Waals surface area (Å²) in [5.74, 6) is 1.52. The molecule has 0 aliphatic carbocycles. The standard InChI is InChI=1S/C10H17N3O2S/c1-4-9-12-13-10(15-9)5-11-8(14)6-16-7(2)3/h7H,4-6H2,1-3H3,(H,11,14). The quantitative estimate of drug-likeness (QED) is 0.817. The Labute approximate surface area is 99.4 Å². The summed E-state index contributed by atoms with van der Waals surface area (Å²) in [6.45, 7) is 6.37. The summed E-state index contributed by atoms with van der Waals surface area (Å²) in [6, 6.07) is 0. The lowest BCUT2D eigenvalue weighted by Crippen LogP contribution is -2.25. The first-order valence-corrected chi connectivity index (χ1v) is 6.36. The summed E-state index contributed by atoms with van der Waals surface area (Å²) in [6.07, 6.45) is 0.712. The number of aryl methyl sites for hydroxylation is 1. The molecular weight excluding hydrogens is 226 g/mol. The van der Waals surface area contributed by atoms with E-state index in [0.717, 1.165) is 0 Å². The summed E-state index contributed by atoms with van der Waals surface area (Å²) in [7, 11) is 0. The molecule has 0 radical (unpaired) electrons. The molecule has 0 bridgehead atoms. The monoisotopic (exact) mass is 243 g/mol. The Bertz CT molecular complexity index is 339. The van der Waals surface area contributed by atoms with Gasteiger partial charge >= 0.3 is 0 Å². The molecule has 0 aliphatic rings. The van der Waals surface area contributed by atoms with Crippen LogP contribution in [0.3, 0.4) is 0 Å². The second-order valence-corrected chi connectivity index (χ2v) is 5.14. The van der Waals surface area contributed by atoms with Gasteiger partial charge in [-0.05, 0) is 5.25 Å². The summed E-state index contributed by atoms with van der Waals surface area (Å²) < 4.78 is 5.27. The van der Waals surface area contributed by atoms with Gasteiger partial charge in [-0.15, -0.1) is 22.0 Å². The van der Waals surface area contributed by atoms with E-state index in [-0.39, 0.29) is 5.91 Å². The van der Waals surface area contributed by atoms with Gasteiger partial charge in [0.25, 0.3) is 0 Å². The van der Waals surface area contributed by atoms with Crippen molar-refractivity contribution in [2.45, 2.75) is 39.0 Å². The Morgan fingerprint density at radius 3 is 2.69 bits per heavy atom. The molecule has 5 nitrogen and oxygen atoms in total. The van der Waals surface area contributed by atoms with E-state index in [0.29, 0.717) is 35.7 Å². The summed E-state index contributed by atoms with van der Waals surface area (Å²) in [4.78, 5) is 11.4. The molecule has 0 aromatic carbocycles. The van der Waals surface area contributed by atoms with Crippen molar-refractivity contribution in [1.29, 1.82) is 0 Å². The molecule has 1 aromatic heterocycles. The Morgan fingerprint density at radius 2 is 2.12 bits per heavy atom. The Morgan fingerprint density at radius 1 is 1.44 bits per heavy atom. The molecule has 90 valence electrons. The Balaban J connectivity index is 2.26. The van der Waals surface area contributed by atoms with Gasteiger partial charge in [0.05, 0.1) is 12.3 Å². The molecule has 0 unspecified atom stereocenters. The highest BCUT2D eigenvalue weighted by molar-refractivity contribution is 8.00. The molecule has 0 spiro atoms. The molecular formula is C10H17N3O2S. The van der Waals surface area contributed by atoms with E-state index in [1.54, 1.807) is 11.8 Å². The fraction of sp³-hybridized carbons (Fsp3) is 0.700. The third-order valence-corrected chi connectivity index (χ3v) is 2.89. The fourth-order valence-electron chi connectivity index (χ4n) is 0.970. The van der Waals surface area contributed by atoms with E-state index in [9.17, 15) is 4.79 Å². The van der Waals surface area contributed by atoms with Gasteiger partial charge in [0, 0.05) is 6.42 Å². The number of nitrogens with zero attached hydrogens (tertiary/aromatic N) is 2. The van der Waals surface area contributed by atoms with Crippen molar-refractivity contribution in [1.82, 2.24) is 15.5 Å². The third kappa shape index (κ3) is 4.65. The first-order valence-electron chi connectivity index (χ1n) is 5.31. The summed E-state index contributed by atoms with van der Waals surface area (Å²) >= 11 is 1.61. The molecule has 0 saturated heterocycles. The summed E-state index contributed by atoms with van der Waals surface area (Å²) in [5.41, 5.74) is 0. The van der Waals surface area contributed by atoms with E-state index < -0.39 is 0 Å². The summed E-state index contributed by atoms with van der Waals surface area (Å²) in [5, 5.41) is 10.8. The van der Waals surface area contributed by atoms with Gasteiger partial charge < -0.3 is 9.73 Å². The third-order valence-electron chi connectivity index (χ3n) is 1.80. The number of aromatic nitrogens is 2. The number of nitrogens with one attached hydrogen (secondary N) is 1. The van der Waals surface area contributed by atoms with E-state index in [2.05, 4.69) is 29.4 Å². The highest BCUT2D eigenvalue weighted by Gasteiger charge is 2.07. The highest BCUT2D eigenvalue weighted by atomic mass is 32.2. The van der Waals surface area contributed by atoms with Gasteiger partial charge in [0.2, 0.25) is 17.7 Å². The van der Waals surface area contributed by atoms with Crippen LogP contribution in [0.25, 0.3) is 0 Å². The Kier molecular flexibility index (Phi) is 5.31. The van der Waals surface area contributed by atoms with Crippen molar-refractivity contribution in [3.05, 3.63) is 11.8 Å². The van der Waals surface area contributed by atoms with Gasteiger partial charge in [0.15, 0.2) is 0 Å². The van der Waals surface area contributed by atoms with Crippen LogP contribution in [0.5, 0.6) is 0 Å². The molecule has 0 atom stereocenters. The molecule has 16 heavy (non-hydrogen) atoms. The van der Waals surface area contributed by atoms with E-state index >= 15 is 0 Å². The van der Waals surface area contributed by atoms with Crippen molar-refractivity contribution in [2.24, 2.45) is 0 Å². The largest absolute Gasteiger partial charge is 0.423 e. The van der Waals surface area contributed by atoms with Crippen LogP contribution >= 0.6 is 11.8 Å². The van der Waals surface area contributed by atoms with E-state index in [1.807, 2.05) is 6.92 Å². The predicted octanol–water partition coefficient (Wildman–Crippen LogP) is 1.39. The van der Waals surface area contributed by atoms with E-state index in [1.165, 1.54) is 0 Å². The second kappa shape index (κ2) is 6.52. The van der Waals surface area contributed by atoms with Crippen LogP contribution in [0.4, 0.5) is 0 Å². The maximum Gasteiger partial charge on any atom is 0.235 e. The molecule has 0 fully saturated rings. The zero-order chi connectivity index (χ0) is 12.0. The average Bonchev–Trinajstić information content (AvgIpc) is 2.71. The number of thioether (sulfide) groups is 1. The number of rotatable bonds is 6. The fourth-order valence-corrected chi connectivity index (χ4v) is 1.56. The first kappa shape index (κ1) is 13.0. The minimum Gasteiger partial charge on any atom is -0.423 e. The maximum absolute atomic E-state index is 11.4. The van der Waals surface area contributed by atoms with Gasteiger partial charge in [-0.3, -0.25) is 4.79 Å². The van der Waals surface area contributed by atoms with E-state index in [4.69, 9.17) is 4.42 Å². The van der Waals surface area contributed by atoms with Crippen LogP contribution < -0.4 is 5.32 Å². The normalized spacial score (nSPS) is 10.8. The first-order chi connectivity index (χ1) is 7.61. The van der Waals surface area contributed by atoms with Crippen LogP contribution in [0, 0.1) is 0 Å². The molecule has 1 N–H and O–H groups in total. The lowest BCUT2D eigenvalue weighted by molar-refractivity contribution is -0.118. The second-order valence-electron chi connectivity index (χ2n) is 3.58. The molecule has 6 heteroatoms. The van der Waals surface area contributed by atoms with Crippen molar-refractivity contribution in [3.8, 4) is 0 Å². The molecule has 1 rings (SSSR count). The number of amides is 1. The van der Waals surface area contributed by atoms with Crippen molar-refractivity contribution >= 4 is 17.7 Å². The van der Waals surface area contributed by atoms with Crippen LogP contribution in [-0.4, -0.2) is 27.1 Å². The predicted molar refractivity (Wildman–Crippen MR) is 63.1 cm³/mol. The molecule has 1 amide bonds. The van der Waals surface area contributed by atoms with Crippen molar-refractivity contribution in [3.63, 3.8) is 0 Å². The van der Waals surface area contributed by atoms with Gasteiger partial charge in [-0.25, -0.2) is 0 Å². The van der Waals surface area contributed by atoms with Crippen molar-refractivity contribution in [2.75, 3.05) is 5.75 Å². The van der Waals surface area contributed by atoms with Crippen LogP contribution in [0.2, 0.25) is 0 Å². The number of carbonyl (C=O) groups is 1. The number of hydrogen-bond donors (Lipinski definition) is 1. The van der Waals surface area contributed by atoms with Crippen LogP contribution in [-0.2, 0) is 17.8 Å². The number of carbonyl (C=O) groups excluding carboxylic acids is 1. The minimum atomic E-state index is -0.00468. The smallest absolute Gasteiger partial charge is 0.235 e. The van der Waals surface area contributed by atoms with Gasteiger partial charge in [-0.1, -0.05) is 20.8 Å². The highest BCUT2D eigenvalue weighted by Crippen LogP contribution is 2.08. The molecule has 0 aliphatic heterocycles. The zero-order valence-corrected chi connectivity index (χ0v) is 10.6. The maximum atomic E-state index is 11.4.